The van der Waals surface area contributed by atoms with Gasteiger partial charge in [-0.1, -0.05) is 12.5 Å². The maximum atomic E-state index is 5.31. The second-order valence-electron chi connectivity index (χ2n) is 6.31. The maximum absolute atomic E-state index is 5.31. The molecule has 2 fully saturated rings. The normalized spacial score (nSPS) is 25.9. The zero-order chi connectivity index (χ0) is 13.9. The van der Waals surface area contributed by atoms with Crippen LogP contribution in [0, 0.1) is 11.8 Å². The summed E-state index contributed by atoms with van der Waals surface area (Å²) in [6, 6.07) is 7.35. The van der Waals surface area contributed by atoms with Gasteiger partial charge in [0, 0.05) is 6.04 Å². The second kappa shape index (κ2) is 6.48. The highest BCUT2D eigenvalue weighted by molar-refractivity contribution is 9.10. The minimum atomic E-state index is 0.839. The van der Waals surface area contributed by atoms with Crippen LogP contribution >= 0.6 is 15.9 Å². The Morgan fingerprint density at radius 1 is 1.20 bits per heavy atom. The third kappa shape index (κ3) is 3.56. The van der Waals surface area contributed by atoms with Crippen LogP contribution in [0.2, 0.25) is 0 Å². The quantitative estimate of drug-likeness (QED) is 0.841. The molecule has 1 aromatic rings. The van der Waals surface area contributed by atoms with E-state index in [1.54, 1.807) is 7.11 Å². The van der Waals surface area contributed by atoms with Gasteiger partial charge in [-0.3, -0.25) is 0 Å². The van der Waals surface area contributed by atoms with E-state index in [2.05, 4.69) is 39.4 Å². The predicted octanol–water partition coefficient (Wildman–Crippen LogP) is 4.17. The molecule has 0 saturated heterocycles. The van der Waals surface area contributed by atoms with Crippen LogP contribution in [0.1, 0.15) is 37.7 Å². The molecule has 3 heteroatoms. The van der Waals surface area contributed by atoms with Gasteiger partial charge in [0.25, 0.3) is 0 Å². The Kier molecular flexibility index (Phi) is 4.67. The molecular formula is C17H24BrNO. The van der Waals surface area contributed by atoms with Crippen molar-refractivity contribution < 1.29 is 4.74 Å². The zero-order valence-corrected chi connectivity index (χ0v) is 13.8. The molecule has 0 radical (unpaired) electrons. The van der Waals surface area contributed by atoms with Crippen molar-refractivity contribution in [2.45, 2.75) is 44.6 Å². The van der Waals surface area contributed by atoms with E-state index in [0.717, 1.165) is 28.1 Å². The minimum Gasteiger partial charge on any atom is -0.496 e. The molecule has 0 spiro atoms. The lowest BCUT2D eigenvalue weighted by Gasteiger charge is -2.20. The molecule has 2 atom stereocenters. The molecule has 0 aliphatic heterocycles. The maximum Gasteiger partial charge on any atom is 0.133 e. The molecule has 1 N–H and O–H groups in total. The Labute approximate surface area is 130 Å². The minimum absolute atomic E-state index is 0.839. The highest BCUT2D eigenvalue weighted by atomic mass is 79.9. The molecule has 2 aliphatic carbocycles. The van der Waals surface area contributed by atoms with Crippen molar-refractivity contribution in [3.05, 3.63) is 28.2 Å². The molecule has 2 saturated carbocycles. The molecule has 2 aliphatic rings. The number of hydrogen-bond acceptors (Lipinski definition) is 2. The number of nitrogens with one attached hydrogen (secondary N) is 1. The van der Waals surface area contributed by atoms with E-state index < -0.39 is 0 Å². The zero-order valence-electron chi connectivity index (χ0n) is 12.2. The molecule has 0 heterocycles. The number of hydrogen-bond donors (Lipinski definition) is 1. The molecule has 2 nitrogen and oxygen atoms in total. The Balaban J connectivity index is 1.58. The fraction of sp³-hybridized carbons (Fsp3) is 0.647. The van der Waals surface area contributed by atoms with Crippen LogP contribution in [-0.2, 0) is 6.42 Å². The standard InChI is InChI=1S/C17H24BrNO/c1-20-17-8-5-12(10-16(17)18)9-13-3-2-4-14(13)11-19-15-6-7-15/h5,8,10,13-15,19H,2-4,6-7,9,11H2,1H3. The lowest BCUT2D eigenvalue weighted by Crippen LogP contribution is -2.27. The summed E-state index contributed by atoms with van der Waals surface area (Å²) in [6.07, 6.45) is 8.19. The van der Waals surface area contributed by atoms with Crippen molar-refractivity contribution in [1.29, 1.82) is 0 Å². The van der Waals surface area contributed by atoms with E-state index in [-0.39, 0.29) is 0 Å². The van der Waals surface area contributed by atoms with Crippen molar-refractivity contribution in [3.63, 3.8) is 0 Å². The van der Waals surface area contributed by atoms with Crippen LogP contribution in [0.3, 0.4) is 0 Å². The third-order valence-electron chi connectivity index (χ3n) is 4.78. The van der Waals surface area contributed by atoms with Crippen LogP contribution in [0.15, 0.2) is 22.7 Å². The summed E-state index contributed by atoms with van der Waals surface area (Å²) in [5.41, 5.74) is 1.43. The first kappa shape index (κ1) is 14.4. The van der Waals surface area contributed by atoms with Gasteiger partial charge in [0.1, 0.15) is 5.75 Å². The Morgan fingerprint density at radius 3 is 2.70 bits per heavy atom. The highest BCUT2D eigenvalue weighted by Crippen LogP contribution is 2.36. The van der Waals surface area contributed by atoms with Gasteiger partial charge in [0.05, 0.1) is 11.6 Å². The summed E-state index contributed by atoms with van der Waals surface area (Å²) in [7, 11) is 1.72. The summed E-state index contributed by atoms with van der Waals surface area (Å²) in [6.45, 7) is 1.23. The van der Waals surface area contributed by atoms with Crippen LogP contribution < -0.4 is 10.1 Å². The Bertz CT molecular complexity index is 458. The molecule has 20 heavy (non-hydrogen) atoms. The average molecular weight is 338 g/mol. The number of halogens is 1. The van der Waals surface area contributed by atoms with Gasteiger partial charge >= 0.3 is 0 Å². The molecule has 0 aromatic heterocycles. The number of benzene rings is 1. The fourth-order valence-corrected chi connectivity index (χ4v) is 3.98. The number of methoxy groups -OCH3 is 1. The van der Waals surface area contributed by atoms with Gasteiger partial charge in [-0.25, -0.2) is 0 Å². The van der Waals surface area contributed by atoms with Gasteiger partial charge in [-0.2, -0.15) is 0 Å². The molecule has 2 unspecified atom stereocenters. The van der Waals surface area contributed by atoms with E-state index >= 15 is 0 Å². The molecule has 3 rings (SSSR count). The SMILES string of the molecule is COc1ccc(CC2CCCC2CNC2CC2)cc1Br. The average Bonchev–Trinajstić information content (AvgIpc) is 3.17. The highest BCUT2D eigenvalue weighted by Gasteiger charge is 2.29. The van der Waals surface area contributed by atoms with Crippen LogP contribution in [0.4, 0.5) is 0 Å². The van der Waals surface area contributed by atoms with Crippen LogP contribution in [-0.4, -0.2) is 19.7 Å². The topological polar surface area (TPSA) is 21.3 Å². The number of rotatable bonds is 6. The Morgan fingerprint density at radius 2 is 2.00 bits per heavy atom. The van der Waals surface area contributed by atoms with Crippen molar-refractivity contribution in [2.75, 3.05) is 13.7 Å². The van der Waals surface area contributed by atoms with Gasteiger partial charge in [0.15, 0.2) is 0 Å². The first-order chi connectivity index (χ1) is 9.76. The van der Waals surface area contributed by atoms with E-state index in [1.165, 1.54) is 50.6 Å². The van der Waals surface area contributed by atoms with Crippen molar-refractivity contribution >= 4 is 15.9 Å². The van der Waals surface area contributed by atoms with E-state index in [4.69, 9.17) is 4.74 Å². The second-order valence-corrected chi connectivity index (χ2v) is 7.16. The van der Waals surface area contributed by atoms with Crippen molar-refractivity contribution in [1.82, 2.24) is 5.32 Å². The number of ether oxygens (including phenoxy) is 1. The molecule has 110 valence electrons. The first-order valence-corrected chi connectivity index (χ1v) is 8.61. The molecule has 0 bridgehead atoms. The van der Waals surface area contributed by atoms with Crippen LogP contribution in [0.25, 0.3) is 0 Å². The molecule has 1 aromatic carbocycles. The molecular weight excluding hydrogens is 314 g/mol. The van der Waals surface area contributed by atoms with Crippen molar-refractivity contribution in [2.24, 2.45) is 11.8 Å². The first-order valence-electron chi connectivity index (χ1n) is 7.82. The Hall–Kier alpha value is -0.540. The third-order valence-corrected chi connectivity index (χ3v) is 5.40. The lowest BCUT2D eigenvalue weighted by molar-refractivity contribution is 0.363. The summed E-state index contributed by atoms with van der Waals surface area (Å²) in [4.78, 5) is 0. The van der Waals surface area contributed by atoms with Gasteiger partial charge in [0.2, 0.25) is 0 Å². The monoisotopic (exact) mass is 337 g/mol. The van der Waals surface area contributed by atoms with Gasteiger partial charge in [-0.05, 0) is 84.1 Å². The smallest absolute Gasteiger partial charge is 0.133 e. The largest absolute Gasteiger partial charge is 0.496 e. The van der Waals surface area contributed by atoms with Crippen molar-refractivity contribution in [3.8, 4) is 5.75 Å². The predicted molar refractivity (Wildman–Crippen MR) is 86.3 cm³/mol. The summed E-state index contributed by atoms with van der Waals surface area (Å²) in [5.74, 6) is 2.64. The van der Waals surface area contributed by atoms with E-state index in [1.807, 2.05) is 0 Å². The molecule has 0 amide bonds. The van der Waals surface area contributed by atoms with Crippen LogP contribution in [0.5, 0.6) is 5.75 Å². The fourth-order valence-electron chi connectivity index (χ4n) is 3.40. The van der Waals surface area contributed by atoms with Gasteiger partial charge in [-0.15, -0.1) is 0 Å². The van der Waals surface area contributed by atoms with E-state index in [9.17, 15) is 0 Å². The summed E-state index contributed by atoms with van der Waals surface area (Å²) < 4.78 is 6.38. The van der Waals surface area contributed by atoms with E-state index in [0.29, 0.717) is 0 Å². The summed E-state index contributed by atoms with van der Waals surface area (Å²) >= 11 is 3.59. The summed E-state index contributed by atoms with van der Waals surface area (Å²) in [5, 5.41) is 3.71. The van der Waals surface area contributed by atoms with Gasteiger partial charge < -0.3 is 10.1 Å². The lowest BCUT2D eigenvalue weighted by atomic mass is 9.89.